The van der Waals surface area contributed by atoms with Gasteiger partial charge in [0.2, 0.25) is 0 Å². The standard InChI is InChI=1S/C14H18ClNO3S/c1-4-16-13(9(2)20(3,17)18)12-8-10-6-5-7-11(15)14(10)19-12/h5-9,13,16H,4H2,1-3H3. The second-order valence-corrected chi connectivity index (χ2v) is 7.69. The highest BCUT2D eigenvalue weighted by atomic mass is 35.5. The topological polar surface area (TPSA) is 59.3 Å². The Kier molecular flexibility index (Phi) is 4.42. The highest BCUT2D eigenvalue weighted by Gasteiger charge is 2.29. The number of halogens is 1. The van der Waals surface area contributed by atoms with Gasteiger partial charge in [-0.05, 0) is 25.6 Å². The Morgan fingerprint density at radius 3 is 2.65 bits per heavy atom. The van der Waals surface area contributed by atoms with Crippen molar-refractivity contribution in [3.8, 4) is 0 Å². The van der Waals surface area contributed by atoms with E-state index < -0.39 is 21.1 Å². The lowest BCUT2D eigenvalue weighted by atomic mass is 10.1. The van der Waals surface area contributed by atoms with Crippen LogP contribution in [0.15, 0.2) is 28.7 Å². The third kappa shape index (κ3) is 3.00. The first-order chi connectivity index (χ1) is 9.34. The molecule has 4 nitrogen and oxygen atoms in total. The van der Waals surface area contributed by atoms with E-state index in [9.17, 15) is 8.42 Å². The third-order valence-corrected chi connectivity index (χ3v) is 5.31. The van der Waals surface area contributed by atoms with Crippen LogP contribution in [0.1, 0.15) is 25.6 Å². The molecule has 0 spiro atoms. The number of para-hydroxylation sites is 1. The molecule has 0 fully saturated rings. The molecule has 1 heterocycles. The number of fused-ring (bicyclic) bond motifs is 1. The molecule has 1 N–H and O–H groups in total. The van der Waals surface area contributed by atoms with E-state index in [1.54, 1.807) is 13.0 Å². The molecule has 0 saturated heterocycles. The first-order valence-electron chi connectivity index (χ1n) is 6.44. The summed E-state index contributed by atoms with van der Waals surface area (Å²) in [5.74, 6) is 0.591. The number of benzene rings is 1. The number of sulfone groups is 1. The molecule has 20 heavy (non-hydrogen) atoms. The van der Waals surface area contributed by atoms with Crippen LogP contribution in [-0.4, -0.2) is 26.5 Å². The van der Waals surface area contributed by atoms with E-state index in [4.69, 9.17) is 16.0 Å². The van der Waals surface area contributed by atoms with Crippen LogP contribution >= 0.6 is 11.6 Å². The van der Waals surface area contributed by atoms with Gasteiger partial charge in [0, 0.05) is 11.6 Å². The molecule has 0 aliphatic carbocycles. The largest absolute Gasteiger partial charge is 0.458 e. The average molecular weight is 316 g/mol. The molecule has 0 saturated carbocycles. The zero-order chi connectivity index (χ0) is 14.9. The number of hydrogen-bond acceptors (Lipinski definition) is 4. The monoisotopic (exact) mass is 315 g/mol. The van der Waals surface area contributed by atoms with Crippen LogP contribution in [0, 0.1) is 0 Å². The van der Waals surface area contributed by atoms with Crippen LogP contribution in [0.2, 0.25) is 5.02 Å². The minimum Gasteiger partial charge on any atom is -0.458 e. The third-order valence-electron chi connectivity index (χ3n) is 3.39. The summed E-state index contributed by atoms with van der Waals surface area (Å²) in [6.07, 6.45) is 1.23. The van der Waals surface area contributed by atoms with Crippen LogP contribution in [-0.2, 0) is 9.84 Å². The molecule has 2 atom stereocenters. The molecule has 0 bridgehead atoms. The number of rotatable bonds is 5. The second-order valence-electron chi connectivity index (χ2n) is 4.88. The average Bonchev–Trinajstić information content (AvgIpc) is 2.79. The van der Waals surface area contributed by atoms with Crippen LogP contribution in [0.3, 0.4) is 0 Å². The van der Waals surface area contributed by atoms with Gasteiger partial charge in [-0.3, -0.25) is 0 Å². The SMILES string of the molecule is CCNC(c1cc2cccc(Cl)c2o1)C(C)S(C)(=O)=O. The Labute approximate surface area is 124 Å². The Balaban J connectivity index is 2.49. The van der Waals surface area contributed by atoms with E-state index in [1.165, 1.54) is 6.26 Å². The van der Waals surface area contributed by atoms with Gasteiger partial charge in [0.15, 0.2) is 15.4 Å². The smallest absolute Gasteiger partial charge is 0.152 e. The van der Waals surface area contributed by atoms with Crippen molar-refractivity contribution in [3.05, 3.63) is 35.0 Å². The van der Waals surface area contributed by atoms with Crippen molar-refractivity contribution in [2.45, 2.75) is 25.1 Å². The molecule has 0 amide bonds. The van der Waals surface area contributed by atoms with Gasteiger partial charge in [-0.25, -0.2) is 8.42 Å². The fraction of sp³-hybridized carbons (Fsp3) is 0.429. The molecule has 1 aromatic carbocycles. The van der Waals surface area contributed by atoms with Gasteiger partial charge in [-0.1, -0.05) is 30.7 Å². The van der Waals surface area contributed by atoms with E-state index >= 15 is 0 Å². The van der Waals surface area contributed by atoms with Crippen LogP contribution < -0.4 is 5.32 Å². The lowest BCUT2D eigenvalue weighted by molar-refractivity contribution is 0.424. The lowest BCUT2D eigenvalue weighted by Gasteiger charge is -2.21. The molecule has 0 aliphatic heterocycles. The molecule has 2 aromatic rings. The summed E-state index contributed by atoms with van der Waals surface area (Å²) >= 11 is 6.09. The second kappa shape index (κ2) is 5.76. The fourth-order valence-electron chi connectivity index (χ4n) is 2.17. The predicted octanol–water partition coefficient (Wildman–Crippen LogP) is 3.17. The Morgan fingerprint density at radius 2 is 2.10 bits per heavy atom. The van der Waals surface area contributed by atoms with Crippen molar-refractivity contribution < 1.29 is 12.8 Å². The minimum absolute atomic E-state index is 0.390. The van der Waals surface area contributed by atoms with E-state index in [0.717, 1.165) is 5.39 Å². The highest BCUT2D eigenvalue weighted by Crippen LogP contribution is 2.31. The quantitative estimate of drug-likeness (QED) is 0.920. The molecule has 2 unspecified atom stereocenters. The number of hydrogen-bond donors (Lipinski definition) is 1. The summed E-state index contributed by atoms with van der Waals surface area (Å²) in [5, 5.41) is 3.98. The molecule has 0 aliphatic rings. The van der Waals surface area contributed by atoms with Crippen LogP contribution in [0.25, 0.3) is 11.0 Å². The highest BCUT2D eigenvalue weighted by molar-refractivity contribution is 7.91. The molecule has 110 valence electrons. The van der Waals surface area contributed by atoms with Crippen molar-refractivity contribution in [1.29, 1.82) is 0 Å². The van der Waals surface area contributed by atoms with Crippen LogP contribution in [0.4, 0.5) is 0 Å². The number of furan rings is 1. The van der Waals surface area contributed by atoms with Gasteiger partial charge in [0.25, 0.3) is 0 Å². The van der Waals surface area contributed by atoms with Crippen molar-refractivity contribution in [2.75, 3.05) is 12.8 Å². The summed E-state index contributed by atoms with van der Waals surface area (Å²) < 4.78 is 29.4. The van der Waals surface area contributed by atoms with E-state index in [0.29, 0.717) is 22.9 Å². The Bertz CT molecular complexity index is 708. The zero-order valence-corrected chi connectivity index (χ0v) is 13.3. The summed E-state index contributed by atoms with van der Waals surface area (Å²) in [5.41, 5.74) is 0.591. The van der Waals surface area contributed by atoms with Gasteiger partial charge < -0.3 is 9.73 Å². The summed E-state index contributed by atoms with van der Waals surface area (Å²) in [7, 11) is -3.18. The molecule has 1 aromatic heterocycles. The van der Waals surface area contributed by atoms with E-state index in [2.05, 4.69) is 5.32 Å². The van der Waals surface area contributed by atoms with Gasteiger partial charge in [0.05, 0.1) is 16.3 Å². The van der Waals surface area contributed by atoms with E-state index in [1.807, 2.05) is 25.1 Å². The lowest BCUT2D eigenvalue weighted by Crippen LogP contribution is -2.34. The molecular weight excluding hydrogens is 298 g/mol. The van der Waals surface area contributed by atoms with Gasteiger partial charge in [-0.2, -0.15) is 0 Å². The first kappa shape index (κ1) is 15.4. The van der Waals surface area contributed by atoms with Gasteiger partial charge >= 0.3 is 0 Å². The minimum atomic E-state index is -3.18. The predicted molar refractivity (Wildman–Crippen MR) is 81.9 cm³/mol. The number of nitrogens with one attached hydrogen (secondary N) is 1. The Hall–Kier alpha value is -1.04. The van der Waals surface area contributed by atoms with Crippen molar-refractivity contribution in [2.24, 2.45) is 0 Å². The Morgan fingerprint density at radius 1 is 1.40 bits per heavy atom. The molecule has 6 heteroatoms. The summed E-state index contributed by atoms with van der Waals surface area (Å²) in [6.45, 7) is 4.25. The van der Waals surface area contributed by atoms with Crippen molar-refractivity contribution in [1.82, 2.24) is 5.32 Å². The van der Waals surface area contributed by atoms with Gasteiger partial charge in [0.1, 0.15) is 5.76 Å². The molecule has 0 radical (unpaired) electrons. The van der Waals surface area contributed by atoms with Gasteiger partial charge in [-0.15, -0.1) is 0 Å². The summed E-state index contributed by atoms with van der Waals surface area (Å²) in [6, 6.07) is 6.93. The maximum atomic E-state index is 11.8. The molecule has 2 rings (SSSR count). The van der Waals surface area contributed by atoms with E-state index in [-0.39, 0.29) is 0 Å². The maximum absolute atomic E-state index is 11.8. The maximum Gasteiger partial charge on any atom is 0.152 e. The van der Waals surface area contributed by atoms with Crippen molar-refractivity contribution >= 4 is 32.4 Å². The molecular formula is C14H18ClNO3S. The van der Waals surface area contributed by atoms with Crippen LogP contribution in [0.5, 0.6) is 0 Å². The zero-order valence-electron chi connectivity index (χ0n) is 11.7. The summed E-state index contributed by atoms with van der Waals surface area (Å²) in [4.78, 5) is 0. The normalized spacial score (nSPS) is 15.4. The van der Waals surface area contributed by atoms with Crippen molar-refractivity contribution in [3.63, 3.8) is 0 Å². The fourth-order valence-corrected chi connectivity index (χ4v) is 3.11. The first-order valence-corrected chi connectivity index (χ1v) is 8.78.